The van der Waals surface area contributed by atoms with E-state index in [0.29, 0.717) is 19.0 Å². The molecule has 1 fully saturated rings. The lowest BCUT2D eigenvalue weighted by Crippen LogP contribution is -2.27. The molecule has 0 radical (unpaired) electrons. The Morgan fingerprint density at radius 1 is 1.38 bits per heavy atom. The topological polar surface area (TPSA) is 63.2 Å². The summed E-state index contributed by atoms with van der Waals surface area (Å²) in [5.41, 5.74) is 2.04. The fourth-order valence-corrected chi connectivity index (χ4v) is 4.15. The van der Waals surface area contributed by atoms with Crippen molar-refractivity contribution in [1.82, 2.24) is 14.3 Å². The normalized spacial score (nSPS) is 20.0. The molecule has 0 bridgehead atoms. The molecule has 0 aromatic carbocycles. The Balaban J connectivity index is 1.64. The van der Waals surface area contributed by atoms with Crippen molar-refractivity contribution in [3.8, 4) is 10.7 Å². The van der Waals surface area contributed by atoms with Crippen molar-refractivity contribution in [2.45, 2.75) is 12.8 Å². The number of hydrogen-bond acceptors (Lipinski definition) is 5. The molecule has 3 heterocycles. The van der Waals surface area contributed by atoms with Crippen molar-refractivity contribution in [2.24, 2.45) is 5.92 Å². The van der Waals surface area contributed by atoms with Gasteiger partial charge in [-0.15, -0.1) is 11.3 Å². The van der Waals surface area contributed by atoms with Crippen LogP contribution in [0.5, 0.6) is 0 Å². The van der Waals surface area contributed by atoms with Gasteiger partial charge in [0.2, 0.25) is 10.0 Å². The van der Waals surface area contributed by atoms with Gasteiger partial charge in [0.05, 0.1) is 11.9 Å². The molecule has 1 atom stereocenters. The molecule has 0 amide bonds. The van der Waals surface area contributed by atoms with E-state index in [2.05, 4.69) is 16.0 Å². The first-order valence-corrected chi connectivity index (χ1v) is 9.55. The number of nitrogens with zero attached hydrogens (tertiary/aromatic N) is 3. The van der Waals surface area contributed by atoms with Gasteiger partial charge in [-0.2, -0.15) is 0 Å². The van der Waals surface area contributed by atoms with Gasteiger partial charge in [-0.1, -0.05) is 6.07 Å². The number of sulfonamides is 1. The predicted octanol–water partition coefficient (Wildman–Crippen LogP) is 2.03. The Kier molecular flexibility index (Phi) is 4.05. The van der Waals surface area contributed by atoms with Gasteiger partial charge in [0, 0.05) is 30.9 Å². The minimum Gasteiger partial charge on any atom is -0.253 e. The molecule has 0 spiro atoms. The molecule has 0 saturated carbocycles. The van der Waals surface area contributed by atoms with E-state index < -0.39 is 10.0 Å². The zero-order valence-electron chi connectivity index (χ0n) is 11.8. The highest BCUT2D eigenvalue weighted by atomic mass is 32.2. The van der Waals surface area contributed by atoms with E-state index in [1.807, 2.05) is 17.6 Å². The van der Waals surface area contributed by atoms with Crippen LogP contribution in [0, 0.1) is 5.92 Å². The lowest BCUT2D eigenvalue weighted by atomic mass is 10.00. The minimum atomic E-state index is -3.05. The summed E-state index contributed by atoms with van der Waals surface area (Å²) in [5.74, 6) is 0.382. The second kappa shape index (κ2) is 5.82. The quantitative estimate of drug-likeness (QED) is 0.863. The number of aromatic nitrogens is 2. The third-order valence-electron chi connectivity index (χ3n) is 3.72. The fraction of sp³-hybridized carbons (Fsp3) is 0.429. The van der Waals surface area contributed by atoms with Crippen molar-refractivity contribution < 1.29 is 8.42 Å². The van der Waals surface area contributed by atoms with Gasteiger partial charge in [-0.3, -0.25) is 4.98 Å². The maximum absolute atomic E-state index is 11.5. The van der Waals surface area contributed by atoms with Gasteiger partial charge >= 0.3 is 0 Å². The van der Waals surface area contributed by atoms with Crippen LogP contribution < -0.4 is 0 Å². The van der Waals surface area contributed by atoms with Crippen molar-refractivity contribution in [3.63, 3.8) is 0 Å². The molecule has 0 aliphatic carbocycles. The fourth-order valence-electron chi connectivity index (χ4n) is 2.62. The predicted molar refractivity (Wildman–Crippen MR) is 83.6 cm³/mol. The van der Waals surface area contributed by atoms with E-state index in [-0.39, 0.29) is 0 Å². The second-order valence-corrected chi connectivity index (χ2v) is 8.25. The number of thiazole rings is 1. The third-order valence-corrected chi connectivity index (χ3v) is 5.78. The number of pyridine rings is 1. The van der Waals surface area contributed by atoms with E-state index in [4.69, 9.17) is 0 Å². The molecule has 1 unspecified atom stereocenters. The van der Waals surface area contributed by atoms with Gasteiger partial charge in [-0.05, 0) is 30.4 Å². The molecule has 0 N–H and O–H groups in total. The Morgan fingerprint density at radius 3 is 2.81 bits per heavy atom. The lowest BCUT2D eigenvalue weighted by molar-refractivity contribution is 0.460. The Hall–Kier alpha value is -1.31. The van der Waals surface area contributed by atoms with E-state index in [1.54, 1.807) is 21.8 Å². The third kappa shape index (κ3) is 3.48. The summed E-state index contributed by atoms with van der Waals surface area (Å²) in [6.07, 6.45) is 6.71. The van der Waals surface area contributed by atoms with Crippen LogP contribution >= 0.6 is 11.3 Å². The largest absolute Gasteiger partial charge is 0.253 e. The van der Waals surface area contributed by atoms with Crippen LogP contribution in [-0.2, 0) is 16.4 Å². The molecule has 21 heavy (non-hydrogen) atoms. The van der Waals surface area contributed by atoms with Crippen LogP contribution in [0.15, 0.2) is 29.9 Å². The van der Waals surface area contributed by atoms with Gasteiger partial charge in [0.25, 0.3) is 0 Å². The molecule has 112 valence electrons. The van der Waals surface area contributed by atoms with Crippen molar-refractivity contribution >= 4 is 21.4 Å². The molecule has 2 aromatic heterocycles. The SMILES string of the molecule is CS(=O)(=O)N1CCC(Cc2ccc(-c3nccs3)nc2)C1. The van der Waals surface area contributed by atoms with E-state index in [1.165, 1.54) is 6.26 Å². The molecule has 2 aromatic rings. The summed E-state index contributed by atoms with van der Waals surface area (Å²) in [6.45, 7) is 1.25. The van der Waals surface area contributed by atoms with Crippen LogP contribution in [0.3, 0.4) is 0 Å². The van der Waals surface area contributed by atoms with E-state index >= 15 is 0 Å². The minimum absolute atomic E-state index is 0.382. The Bertz CT molecular complexity index is 696. The van der Waals surface area contributed by atoms with Crippen LogP contribution in [0.2, 0.25) is 0 Å². The summed E-state index contributed by atoms with van der Waals surface area (Å²) < 4.78 is 24.6. The van der Waals surface area contributed by atoms with Crippen molar-refractivity contribution in [1.29, 1.82) is 0 Å². The lowest BCUT2D eigenvalue weighted by Gasteiger charge is -2.13. The number of hydrogen-bond donors (Lipinski definition) is 0. The maximum atomic E-state index is 11.5. The molecule has 1 saturated heterocycles. The molecule has 1 aliphatic rings. The van der Waals surface area contributed by atoms with Crippen LogP contribution in [0.1, 0.15) is 12.0 Å². The van der Waals surface area contributed by atoms with Crippen molar-refractivity contribution in [3.05, 3.63) is 35.5 Å². The molecule has 7 heteroatoms. The Morgan fingerprint density at radius 2 is 2.24 bits per heavy atom. The highest BCUT2D eigenvalue weighted by Crippen LogP contribution is 2.24. The number of rotatable bonds is 4. The summed E-state index contributed by atoms with van der Waals surface area (Å²) in [4.78, 5) is 8.69. The summed E-state index contributed by atoms with van der Waals surface area (Å²) in [5, 5.41) is 2.86. The zero-order chi connectivity index (χ0) is 14.9. The van der Waals surface area contributed by atoms with Crippen LogP contribution in [-0.4, -0.2) is 42.0 Å². The average molecular weight is 323 g/mol. The summed E-state index contributed by atoms with van der Waals surface area (Å²) in [6, 6.07) is 4.05. The first-order chi connectivity index (χ1) is 10.0. The first-order valence-electron chi connectivity index (χ1n) is 6.82. The molecule has 5 nitrogen and oxygen atoms in total. The van der Waals surface area contributed by atoms with Crippen molar-refractivity contribution in [2.75, 3.05) is 19.3 Å². The van der Waals surface area contributed by atoms with Gasteiger partial charge < -0.3 is 0 Å². The summed E-state index contributed by atoms with van der Waals surface area (Å²) >= 11 is 1.57. The smallest absolute Gasteiger partial charge is 0.211 e. The average Bonchev–Trinajstić information content (AvgIpc) is 3.09. The molecule has 3 rings (SSSR count). The maximum Gasteiger partial charge on any atom is 0.211 e. The van der Waals surface area contributed by atoms with E-state index in [0.717, 1.165) is 29.1 Å². The van der Waals surface area contributed by atoms with E-state index in [9.17, 15) is 8.42 Å². The molecular weight excluding hydrogens is 306 g/mol. The van der Waals surface area contributed by atoms with Gasteiger partial charge in [0.15, 0.2) is 0 Å². The Labute approximate surface area is 128 Å². The monoisotopic (exact) mass is 323 g/mol. The summed E-state index contributed by atoms with van der Waals surface area (Å²) in [7, 11) is -3.05. The first kappa shape index (κ1) is 14.6. The standard InChI is InChI=1S/C14H17N3O2S2/c1-21(18,19)17-6-4-12(10-17)8-11-2-3-13(16-9-11)14-15-5-7-20-14/h2-3,5,7,9,12H,4,6,8,10H2,1H3. The highest BCUT2D eigenvalue weighted by Gasteiger charge is 2.28. The van der Waals surface area contributed by atoms with Gasteiger partial charge in [0.1, 0.15) is 5.01 Å². The highest BCUT2D eigenvalue weighted by molar-refractivity contribution is 7.88. The zero-order valence-corrected chi connectivity index (χ0v) is 13.4. The van der Waals surface area contributed by atoms with Crippen LogP contribution in [0.25, 0.3) is 10.7 Å². The van der Waals surface area contributed by atoms with Gasteiger partial charge in [-0.25, -0.2) is 17.7 Å². The van der Waals surface area contributed by atoms with Crippen LogP contribution in [0.4, 0.5) is 0 Å². The molecular formula is C14H17N3O2S2. The molecule has 1 aliphatic heterocycles. The second-order valence-electron chi connectivity index (χ2n) is 5.37.